The number of carboxylic acid groups (broad SMARTS) is 1. The van der Waals surface area contributed by atoms with Gasteiger partial charge in [-0.2, -0.15) is 13.2 Å². The number of anilines is 2. The number of benzene rings is 2. The van der Waals surface area contributed by atoms with E-state index in [9.17, 15) is 31.2 Å². The summed E-state index contributed by atoms with van der Waals surface area (Å²) in [5, 5.41) is 13.0. The summed E-state index contributed by atoms with van der Waals surface area (Å²) in [4.78, 5) is 33.5. The zero-order valence-corrected chi connectivity index (χ0v) is 23.6. The van der Waals surface area contributed by atoms with E-state index in [1.165, 1.54) is 25.8 Å². The van der Waals surface area contributed by atoms with Crippen molar-refractivity contribution in [1.82, 2.24) is 5.32 Å². The minimum Gasteiger partial charge on any atom is -0.475 e. The molecule has 0 saturated heterocycles. The van der Waals surface area contributed by atoms with Crippen molar-refractivity contribution >= 4 is 39.2 Å². The Morgan fingerprint density at radius 1 is 0.951 bits per heavy atom. The van der Waals surface area contributed by atoms with E-state index in [0.717, 1.165) is 49.7 Å². The van der Waals surface area contributed by atoms with E-state index < -0.39 is 27.6 Å². The number of aryl methyl sites for hydroxylation is 1. The van der Waals surface area contributed by atoms with Crippen molar-refractivity contribution < 1.29 is 41.1 Å². The van der Waals surface area contributed by atoms with Gasteiger partial charge in [0.2, 0.25) is 11.8 Å². The molecule has 0 heterocycles. The Labute approximate surface area is 237 Å². The molecule has 41 heavy (non-hydrogen) atoms. The highest BCUT2D eigenvalue weighted by atomic mass is 32.2. The summed E-state index contributed by atoms with van der Waals surface area (Å²) in [5.74, 6) is -3.01. The standard InChI is InChI=1S/C26H33N3O4S.C2HF3O2/c1-18-9-14-23(27-19(2)30)24(17-18)34(32,33)29-22-12-10-20(11-13-22)26(15-16-26)25(31)28-21-7-5-3-4-6-8-21;3-2(4,5)1(6)7/h9-14,17,21,29H,3-8,15-16H2,1-2H3,(H,27,30)(H,28,31);(H,6,7). The summed E-state index contributed by atoms with van der Waals surface area (Å²) in [5.41, 5.74) is 1.81. The molecular weight excluding hydrogens is 563 g/mol. The van der Waals surface area contributed by atoms with Crippen LogP contribution in [-0.4, -0.2) is 43.5 Å². The van der Waals surface area contributed by atoms with Crippen LogP contribution in [0.5, 0.6) is 0 Å². The summed E-state index contributed by atoms with van der Waals surface area (Å²) >= 11 is 0. The number of hydrogen-bond donors (Lipinski definition) is 4. The van der Waals surface area contributed by atoms with E-state index in [-0.39, 0.29) is 28.4 Å². The molecule has 9 nitrogen and oxygen atoms in total. The van der Waals surface area contributed by atoms with Crippen molar-refractivity contribution in [2.75, 3.05) is 10.0 Å². The lowest BCUT2D eigenvalue weighted by Gasteiger charge is -2.22. The van der Waals surface area contributed by atoms with E-state index in [1.807, 2.05) is 12.1 Å². The van der Waals surface area contributed by atoms with Gasteiger partial charge in [0.15, 0.2) is 0 Å². The van der Waals surface area contributed by atoms with Gasteiger partial charge in [0.25, 0.3) is 10.0 Å². The molecule has 2 fully saturated rings. The average molecular weight is 598 g/mol. The van der Waals surface area contributed by atoms with Crippen molar-refractivity contribution in [2.24, 2.45) is 0 Å². The number of sulfonamides is 1. The third-order valence-corrected chi connectivity index (χ3v) is 8.47. The van der Waals surface area contributed by atoms with Gasteiger partial charge >= 0.3 is 12.1 Å². The summed E-state index contributed by atoms with van der Waals surface area (Å²) in [6, 6.07) is 12.2. The lowest BCUT2D eigenvalue weighted by atomic mass is 9.94. The fraction of sp³-hybridized carbons (Fsp3) is 0.464. The van der Waals surface area contributed by atoms with Crippen LogP contribution in [0.1, 0.15) is 69.4 Å². The Morgan fingerprint density at radius 2 is 1.51 bits per heavy atom. The molecule has 2 saturated carbocycles. The molecule has 4 rings (SSSR count). The first-order valence-corrected chi connectivity index (χ1v) is 14.7. The number of alkyl halides is 3. The van der Waals surface area contributed by atoms with Crippen molar-refractivity contribution in [3.05, 3.63) is 53.6 Å². The Hall–Kier alpha value is -3.61. The van der Waals surface area contributed by atoms with Crippen molar-refractivity contribution in [3.63, 3.8) is 0 Å². The minimum absolute atomic E-state index is 0.00761. The average Bonchev–Trinajstić information content (AvgIpc) is 3.71. The van der Waals surface area contributed by atoms with Gasteiger partial charge < -0.3 is 15.7 Å². The van der Waals surface area contributed by atoms with Gasteiger partial charge in [0, 0.05) is 18.7 Å². The van der Waals surface area contributed by atoms with Crippen LogP contribution in [0.15, 0.2) is 47.4 Å². The lowest BCUT2D eigenvalue weighted by molar-refractivity contribution is -0.192. The van der Waals surface area contributed by atoms with Gasteiger partial charge in [0.05, 0.1) is 11.1 Å². The Kier molecular flexibility index (Phi) is 10.1. The number of carboxylic acids is 1. The molecule has 2 amide bonds. The van der Waals surface area contributed by atoms with Gasteiger partial charge in [-0.05, 0) is 68.0 Å². The molecule has 2 aromatic carbocycles. The third-order valence-electron chi connectivity index (χ3n) is 7.04. The van der Waals surface area contributed by atoms with Crippen LogP contribution in [0, 0.1) is 6.92 Å². The van der Waals surface area contributed by atoms with Gasteiger partial charge in [-0.3, -0.25) is 14.3 Å². The molecule has 0 aromatic heterocycles. The second-order valence-electron chi connectivity index (χ2n) is 10.4. The summed E-state index contributed by atoms with van der Waals surface area (Å²) in [6.07, 6.45) is 3.42. The predicted molar refractivity (Wildman–Crippen MR) is 147 cm³/mol. The Balaban J connectivity index is 0.000000587. The maximum absolute atomic E-state index is 13.1. The first kappa shape index (κ1) is 31.9. The summed E-state index contributed by atoms with van der Waals surface area (Å²) in [7, 11) is -3.93. The fourth-order valence-corrected chi connectivity index (χ4v) is 6.04. The molecule has 2 aliphatic carbocycles. The monoisotopic (exact) mass is 597 g/mol. The molecule has 0 unspecified atom stereocenters. The molecule has 224 valence electrons. The number of rotatable bonds is 7. The fourth-order valence-electron chi connectivity index (χ4n) is 4.73. The number of halogens is 3. The number of nitrogens with one attached hydrogen (secondary N) is 3. The topological polar surface area (TPSA) is 142 Å². The minimum atomic E-state index is -5.08. The predicted octanol–water partition coefficient (Wildman–Crippen LogP) is 5.26. The van der Waals surface area contributed by atoms with Crippen LogP contribution < -0.4 is 15.4 Å². The first-order chi connectivity index (χ1) is 19.1. The van der Waals surface area contributed by atoms with E-state index in [0.29, 0.717) is 5.69 Å². The molecule has 0 atom stereocenters. The van der Waals surface area contributed by atoms with Crippen LogP contribution in [0.4, 0.5) is 24.5 Å². The SMILES string of the molecule is CC(=O)Nc1ccc(C)cc1S(=O)(=O)Nc1ccc(C2(C(=O)NC3CCCCCC3)CC2)cc1.O=C(O)C(F)(F)F. The van der Waals surface area contributed by atoms with E-state index in [1.54, 1.807) is 31.2 Å². The molecule has 0 bridgehead atoms. The van der Waals surface area contributed by atoms with Gasteiger partial charge in [-0.25, -0.2) is 13.2 Å². The quantitative estimate of drug-likeness (QED) is 0.321. The molecule has 13 heteroatoms. The smallest absolute Gasteiger partial charge is 0.475 e. The van der Waals surface area contributed by atoms with Crippen LogP contribution in [0.25, 0.3) is 0 Å². The zero-order valence-electron chi connectivity index (χ0n) is 22.8. The molecule has 0 radical (unpaired) electrons. The molecule has 0 aliphatic heterocycles. The number of hydrogen-bond acceptors (Lipinski definition) is 5. The summed E-state index contributed by atoms with van der Waals surface area (Å²) in [6.45, 7) is 3.13. The van der Waals surface area contributed by atoms with Gasteiger partial charge in [-0.1, -0.05) is 43.9 Å². The van der Waals surface area contributed by atoms with Crippen molar-refractivity contribution in [1.29, 1.82) is 0 Å². The molecule has 0 spiro atoms. The lowest BCUT2D eigenvalue weighted by Crippen LogP contribution is -2.41. The van der Waals surface area contributed by atoms with Crippen LogP contribution in [0.2, 0.25) is 0 Å². The molecule has 2 aliphatic rings. The third kappa shape index (κ3) is 8.69. The van der Waals surface area contributed by atoms with Crippen molar-refractivity contribution in [3.8, 4) is 0 Å². The van der Waals surface area contributed by atoms with Crippen LogP contribution in [0.3, 0.4) is 0 Å². The van der Waals surface area contributed by atoms with E-state index in [4.69, 9.17) is 9.90 Å². The highest BCUT2D eigenvalue weighted by molar-refractivity contribution is 7.92. The normalized spacial score (nSPS) is 16.8. The zero-order chi connectivity index (χ0) is 30.4. The van der Waals surface area contributed by atoms with Crippen molar-refractivity contribution in [2.45, 2.75) is 87.7 Å². The second-order valence-corrected chi connectivity index (χ2v) is 12.1. The maximum atomic E-state index is 13.1. The number of aliphatic carboxylic acids is 1. The van der Waals surface area contributed by atoms with Gasteiger partial charge in [0.1, 0.15) is 4.90 Å². The maximum Gasteiger partial charge on any atom is 0.490 e. The van der Waals surface area contributed by atoms with E-state index in [2.05, 4.69) is 15.4 Å². The number of carbonyl (C=O) groups is 3. The highest BCUT2D eigenvalue weighted by Crippen LogP contribution is 2.49. The van der Waals surface area contributed by atoms with Crippen LogP contribution in [-0.2, 0) is 29.8 Å². The second kappa shape index (κ2) is 12.9. The molecule has 4 N–H and O–H groups in total. The van der Waals surface area contributed by atoms with E-state index >= 15 is 0 Å². The van der Waals surface area contributed by atoms with Crippen LogP contribution >= 0.6 is 0 Å². The molecular formula is C28H34F3N3O6S. The Morgan fingerprint density at radius 3 is 2.00 bits per heavy atom. The molecule has 2 aromatic rings. The Bertz CT molecular complexity index is 1370. The summed E-state index contributed by atoms with van der Waals surface area (Å²) < 4.78 is 60.5. The number of amides is 2. The number of carbonyl (C=O) groups excluding carboxylic acids is 2. The highest BCUT2D eigenvalue weighted by Gasteiger charge is 2.51. The van der Waals surface area contributed by atoms with Gasteiger partial charge in [-0.15, -0.1) is 0 Å². The first-order valence-electron chi connectivity index (χ1n) is 13.3. The largest absolute Gasteiger partial charge is 0.490 e.